The fourth-order valence-corrected chi connectivity index (χ4v) is 7.90. The number of hydrogen-bond donors (Lipinski definition) is 2. The Morgan fingerprint density at radius 2 is 2.23 bits per heavy atom. The van der Waals surface area contributed by atoms with Crippen molar-refractivity contribution in [2.24, 2.45) is 5.73 Å². The Morgan fingerprint density at radius 3 is 2.77 bits per heavy atom. The summed E-state index contributed by atoms with van der Waals surface area (Å²) >= 11 is 2.80. The number of amides is 1. The van der Waals surface area contributed by atoms with Gasteiger partial charge in [-0.05, 0) is 12.0 Å². The molecule has 3 aliphatic rings. The molecule has 0 aromatic heterocycles. The first kappa shape index (κ1) is 16.2. The van der Waals surface area contributed by atoms with Crippen molar-refractivity contribution in [2.75, 3.05) is 17.3 Å². The summed E-state index contributed by atoms with van der Waals surface area (Å²) in [6, 6.07) is 0. The van der Waals surface area contributed by atoms with E-state index in [0.717, 1.165) is 0 Å². The molecule has 0 aliphatic carbocycles. The van der Waals surface area contributed by atoms with E-state index in [1.807, 2.05) is 0 Å². The summed E-state index contributed by atoms with van der Waals surface area (Å²) in [6.07, 6.45) is 0.896. The number of aliphatic carboxylic acids is 1. The maximum atomic E-state index is 11.7. The smallest absolute Gasteiger partial charge is 0.352 e. The van der Waals surface area contributed by atoms with Gasteiger partial charge in [0.05, 0.1) is 28.7 Å². The van der Waals surface area contributed by atoms with Crippen LogP contribution >= 0.6 is 23.5 Å². The number of rotatable bonds is 4. The molecule has 3 heterocycles. The lowest BCUT2D eigenvalue weighted by Gasteiger charge is -2.46. The Morgan fingerprint density at radius 1 is 1.50 bits per heavy atom. The third-order valence-electron chi connectivity index (χ3n) is 3.97. The first-order chi connectivity index (χ1) is 10.3. The van der Waals surface area contributed by atoms with Gasteiger partial charge in [-0.3, -0.25) is 9.69 Å². The Hall–Kier alpha value is -0.710. The van der Waals surface area contributed by atoms with E-state index in [1.54, 1.807) is 0 Å². The van der Waals surface area contributed by atoms with E-state index in [9.17, 15) is 23.1 Å². The predicted octanol–water partition coefficient (Wildman–Crippen LogP) is -0.165. The number of sulfone groups is 1. The molecule has 2 fully saturated rings. The summed E-state index contributed by atoms with van der Waals surface area (Å²) in [4.78, 5) is 24.5. The minimum absolute atomic E-state index is 0.0131. The van der Waals surface area contributed by atoms with Crippen molar-refractivity contribution in [1.82, 2.24) is 4.90 Å². The van der Waals surface area contributed by atoms with Crippen LogP contribution < -0.4 is 5.73 Å². The van der Waals surface area contributed by atoms with E-state index < -0.39 is 21.2 Å². The van der Waals surface area contributed by atoms with Gasteiger partial charge in [0.15, 0.2) is 9.84 Å². The molecule has 7 nitrogen and oxygen atoms in total. The summed E-state index contributed by atoms with van der Waals surface area (Å²) in [5.41, 5.74) is 6.55. The van der Waals surface area contributed by atoms with Crippen molar-refractivity contribution < 1.29 is 23.1 Å². The summed E-state index contributed by atoms with van der Waals surface area (Å²) < 4.78 is 22.9. The Bertz CT molecular complexity index is 660. The monoisotopic (exact) mass is 364 g/mol. The predicted molar refractivity (Wildman–Crippen MR) is 85.0 cm³/mol. The third kappa shape index (κ3) is 2.89. The molecule has 3 N–H and O–H groups in total. The second-order valence-corrected chi connectivity index (χ2v) is 10.3. The van der Waals surface area contributed by atoms with Gasteiger partial charge in [0.25, 0.3) is 0 Å². The number of carboxylic acid groups (broad SMARTS) is 1. The van der Waals surface area contributed by atoms with E-state index in [2.05, 4.69) is 0 Å². The maximum absolute atomic E-state index is 11.7. The number of fused-ring (bicyclic) bond motifs is 1. The number of carbonyl (C=O) groups is 2. The largest absolute Gasteiger partial charge is 0.477 e. The van der Waals surface area contributed by atoms with Crippen LogP contribution in [0, 0.1) is 0 Å². The first-order valence-corrected chi connectivity index (χ1v) is 10.6. The molecule has 3 atom stereocenters. The highest BCUT2D eigenvalue weighted by Crippen LogP contribution is 2.43. The normalized spacial score (nSPS) is 33.6. The highest BCUT2D eigenvalue weighted by Gasteiger charge is 2.47. The van der Waals surface area contributed by atoms with Crippen LogP contribution in [0.5, 0.6) is 0 Å². The molecule has 3 rings (SSSR count). The van der Waals surface area contributed by atoms with Crippen LogP contribution in [-0.4, -0.2) is 63.6 Å². The van der Waals surface area contributed by atoms with Crippen LogP contribution in [0.1, 0.15) is 12.8 Å². The SMILES string of the molecule is NC1S[C@@H]2CC(=O)N2C(C(=O)O)=C1CSC1CCS(=O)(=O)C1. The van der Waals surface area contributed by atoms with Gasteiger partial charge in [0, 0.05) is 11.0 Å². The van der Waals surface area contributed by atoms with Crippen molar-refractivity contribution >= 4 is 45.2 Å². The molecule has 0 aromatic carbocycles. The highest BCUT2D eigenvalue weighted by atomic mass is 32.2. The Labute approximate surface area is 136 Å². The van der Waals surface area contributed by atoms with Gasteiger partial charge in [0.1, 0.15) is 5.70 Å². The van der Waals surface area contributed by atoms with Gasteiger partial charge >= 0.3 is 5.97 Å². The molecule has 3 aliphatic heterocycles. The molecule has 0 bridgehead atoms. The summed E-state index contributed by atoms with van der Waals surface area (Å²) in [5.74, 6) is -0.701. The van der Waals surface area contributed by atoms with E-state index in [-0.39, 0.29) is 33.7 Å². The molecule has 0 radical (unpaired) electrons. The fraction of sp³-hybridized carbons (Fsp3) is 0.667. The number of nitrogens with two attached hydrogens (primary N) is 1. The van der Waals surface area contributed by atoms with Crippen molar-refractivity contribution in [3.05, 3.63) is 11.3 Å². The van der Waals surface area contributed by atoms with E-state index in [1.165, 1.54) is 28.4 Å². The number of carbonyl (C=O) groups excluding carboxylic acids is 1. The minimum atomic E-state index is -2.96. The van der Waals surface area contributed by atoms with Crippen LogP contribution in [0.3, 0.4) is 0 Å². The first-order valence-electron chi connectivity index (χ1n) is 6.80. The van der Waals surface area contributed by atoms with E-state index in [0.29, 0.717) is 24.2 Å². The molecule has 2 saturated heterocycles. The zero-order valence-corrected chi connectivity index (χ0v) is 14.0. The lowest BCUT2D eigenvalue weighted by molar-refractivity contribution is -0.146. The van der Waals surface area contributed by atoms with Crippen LogP contribution in [-0.2, 0) is 19.4 Å². The minimum Gasteiger partial charge on any atom is -0.477 e. The maximum Gasteiger partial charge on any atom is 0.352 e. The fourth-order valence-electron chi connectivity index (χ4n) is 2.80. The van der Waals surface area contributed by atoms with Crippen molar-refractivity contribution in [3.8, 4) is 0 Å². The topological polar surface area (TPSA) is 118 Å². The highest BCUT2D eigenvalue weighted by molar-refractivity contribution is 8.02. The van der Waals surface area contributed by atoms with Gasteiger partial charge < -0.3 is 10.8 Å². The molecule has 1 amide bonds. The zero-order valence-electron chi connectivity index (χ0n) is 11.6. The number of hydrogen-bond acceptors (Lipinski definition) is 7. The molecular formula is C12H16N2O5S3. The van der Waals surface area contributed by atoms with E-state index >= 15 is 0 Å². The average molecular weight is 364 g/mol. The van der Waals surface area contributed by atoms with Gasteiger partial charge in [-0.1, -0.05) is 0 Å². The van der Waals surface area contributed by atoms with E-state index in [4.69, 9.17) is 5.73 Å². The van der Waals surface area contributed by atoms with Gasteiger partial charge in [-0.2, -0.15) is 11.8 Å². The molecule has 0 aromatic rings. The Kier molecular flexibility index (Phi) is 4.21. The van der Waals surface area contributed by atoms with Crippen LogP contribution in [0.25, 0.3) is 0 Å². The average Bonchev–Trinajstić information content (AvgIpc) is 2.75. The van der Waals surface area contributed by atoms with Crippen LogP contribution in [0.4, 0.5) is 0 Å². The quantitative estimate of drug-likeness (QED) is 0.661. The number of thioether (sulfide) groups is 2. The molecule has 22 heavy (non-hydrogen) atoms. The van der Waals surface area contributed by atoms with Crippen molar-refractivity contribution in [1.29, 1.82) is 0 Å². The van der Waals surface area contributed by atoms with Crippen molar-refractivity contribution in [2.45, 2.75) is 28.8 Å². The third-order valence-corrected chi connectivity index (χ3v) is 8.57. The summed E-state index contributed by atoms with van der Waals surface area (Å²) in [7, 11) is -2.96. The second kappa shape index (κ2) is 5.73. The lowest BCUT2D eigenvalue weighted by atomic mass is 10.1. The Balaban J connectivity index is 1.78. The summed E-state index contributed by atoms with van der Waals surface area (Å²) in [5, 5.41) is 8.73. The lowest BCUT2D eigenvalue weighted by Crippen LogP contribution is -2.56. The van der Waals surface area contributed by atoms with Gasteiger partial charge in [0.2, 0.25) is 5.91 Å². The molecule has 2 unspecified atom stereocenters. The van der Waals surface area contributed by atoms with Crippen molar-refractivity contribution in [3.63, 3.8) is 0 Å². The van der Waals surface area contributed by atoms with Crippen LogP contribution in [0.2, 0.25) is 0 Å². The number of carboxylic acids is 1. The standard InChI is InChI=1S/C12H16N2O5S3/c13-11-7(4-20-6-1-2-22(18,19)5-6)10(12(16)17)14-8(15)3-9(14)21-11/h6,9,11H,1-5,13H2,(H,16,17)/t6?,9-,11?/m1/s1. The zero-order chi connectivity index (χ0) is 16.1. The second-order valence-electron chi connectivity index (χ2n) is 5.49. The molecule has 0 saturated carbocycles. The molecule has 0 spiro atoms. The van der Waals surface area contributed by atoms with Crippen LogP contribution in [0.15, 0.2) is 11.3 Å². The van der Waals surface area contributed by atoms with Gasteiger partial charge in [-0.25, -0.2) is 13.2 Å². The number of β-lactam (4-membered cyclic amide) rings is 1. The molecule has 10 heteroatoms. The molecule has 122 valence electrons. The summed E-state index contributed by atoms with van der Waals surface area (Å²) in [6.45, 7) is 0. The number of nitrogens with zero attached hydrogens (tertiary/aromatic N) is 1. The molecular weight excluding hydrogens is 348 g/mol. The van der Waals surface area contributed by atoms with Gasteiger partial charge in [-0.15, -0.1) is 11.8 Å².